The molecule has 1 amide bonds. The lowest BCUT2D eigenvalue weighted by atomic mass is 10.2. The highest BCUT2D eigenvalue weighted by molar-refractivity contribution is 7.12. The standard InChI is InChI=1S/C12H18N2OS/c1-8(13-2)12(15)14-7-10-6-9-4-3-5-11(9)16-10/h6,8,13H,3-5,7H2,1-2H3,(H,14,15). The summed E-state index contributed by atoms with van der Waals surface area (Å²) in [5.41, 5.74) is 1.50. The molecular weight excluding hydrogens is 220 g/mol. The molecule has 1 aliphatic carbocycles. The van der Waals surface area contributed by atoms with Crippen LogP contribution in [0, 0.1) is 0 Å². The first-order chi connectivity index (χ1) is 7.70. The number of carbonyl (C=O) groups excluding carboxylic acids is 1. The van der Waals surface area contributed by atoms with E-state index in [0.717, 1.165) is 0 Å². The van der Waals surface area contributed by atoms with E-state index in [1.807, 2.05) is 18.3 Å². The normalized spacial score (nSPS) is 15.9. The van der Waals surface area contributed by atoms with Crippen LogP contribution in [0.5, 0.6) is 0 Å². The number of thiophene rings is 1. The zero-order chi connectivity index (χ0) is 11.5. The Balaban J connectivity index is 1.88. The fourth-order valence-corrected chi connectivity index (χ4v) is 3.14. The van der Waals surface area contributed by atoms with Crippen molar-refractivity contribution in [1.82, 2.24) is 10.6 Å². The van der Waals surface area contributed by atoms with Crippen LogP contribution in [-0.2, 0) is 24.2 Å². The van der Waals surface area contributed by atoms with Gasteiger partial charge in [-0.25, -0.2) is 0 Å². The summed E-state index contributed by atoms with van der Waals surface area (Å²) >= 11 is 1.85. The molecule has 3 nitrogen and oxygen atoms in total. The van der Waals surface area contributed by atoms with Crippen molar-refractivity contribution in [2.75, 3.05) is 7.05 Å². The molecule has 1 aliphatic rings. The number of fused-ring (bicyclic) bond motifs is 1. The predicted octanol–water partition coefficient (Wildman–Crippen LogP) is 1.46. The van der Waals surface area contributed by atoms with Crippen LogP contribution in [0.2, 0.25) is 0 Å². The molecule has 1 aromatic rings. The molecule has 0 fully saturated rings. The second kappa shape index (κ2) is 4.97. The minimum absolute atomic E-state index is 0.0658. The van der Waals surface area contributed by atoms with Gasteiger partial charge in [0.05, 0.1) is 12.6 Å². The van der Waals surface area contributed by atoms with Gasteiger partial charge < -0.3 is 10.6 Å². The van der Waals surface area contributed by atoms with Crippen molar-refractivity contribution in [3.05, 3.63) is 21.4 Å². The van der Waals surface area contributed by atoms with Crippen LogP contribution in [0.4, 0.5) is 0 Å². The third-order valence-electron chi connectivity index (χ3n) is 3.06. The average molecular weight is 238 g/mol. The number of nitrogens with one attached hydrogen (secondary N) is 2. The molecule has 88 valence electrons. The maximum Gasteiger partial charge on any atom is 0.237 e. The highest BCUT2D eigenvalue weighted by atomic mass is 32.1. The molecule has 0 radical (unpaired) electrons. The molecule has 2 rings (SSSR count). The van der Waals surface area contributed by atoms with Crippen LogP contribution in [0.15, 0.2) is 6.07 Å². The molecule has 0 saturated heterocycles. The van der Waals surface area contributed by atoms with E-state index in [4.69, 9.17) is 0 Å². The fourth-order valence-electron chi connectivity index (χ4n) is 1.94. The van der Waals surface area contributed by atoms with Crippen molar-refractivity contribution >= 4 is 17.2 Å². The molecule has 0 spiro atoms. The van der Waals surface area contributed by atoms with E-state index in [2.05, 4.69) is 16.7 Å². The van der Waals surface area contributed by atoms with Crippen molar-refractivity contribution in [2.24, 2.45) is 0 Å². The Morgan fingerprint density at radius 2 is 2.38 bits per heavy atom. The molecule has 0 aromatic carbocycles. The van der Waals surface area contributed by atoms with Gasteiger partial charge in [0.25, 0.3) is 0 Å². The smallest absolute Gasteiger partial charge is 0.237 e. The third kappa shape index (κ3) is 2.44. The Bertz CT molecular complexity index is 365. The zero-order valence-electron chi connectivity index (χ0n) is 9.80. The zero-order valence-corrected chi connectivity index (χ0v) is 10.6. The van der Waals surface area contributed by atoms with E-state index >= 15 is 0 Å². The first-order valence-corrected chi connectivity index (χ1v) is 6.58. The van der Waals surface area contributed by atoms with Gasteiger partial charge in [0.1, 0.15) is 0 Å². The monoisotopic (exact) mass is 238 g/mol. The molecule has 2 N–H and O–H groups in total. The second-order valence-corrected chi connectivity index (χ2v) is 5.46. The van der Waals surface area contributed by atoms with Gasteiger partial charge in [-0.15, -0.1) is 11.3 Å². The molecule has 1 aromatic heterocycles. The Morgan fingerprint density at radius 1 is 1.56 bits per heavy atom. The maximum atomic E-state index is 11.6. The molecule has 0 aliphatic heterocycles. The summed E-state index contributed by atoms with van der Waals surface area (Å²) in [4.78, 5) is 14.4. The number of likely N-dealkylation sites (N-methyl/N-ethyl adjacent to an activating group) is 1. The van der Waals surface area contributed by atoms with Gasteiger partial charge in [-0.05, 0) is 44.9 Å². The summed E-state index contributed by atoms with van der Waals surface area (Å²) in [5.74, 6) is 0.0658. The second-order valence-electron chi connectivity index (χ2n) is 4.24. The van der Waals surface area contributed by atoms with Crippen LogP contribution in [0.3, 0.4) is 0 Å². The largest absolute Gasteiger partial charge is 0.350 e. The third-order valence-corrected chi connectivity index (χ3v) is 4.30. The van der Waals surface area contributed by atoms with Crippen LogP contribution < -0.4 is 10.6 Å². The molecule has 16 heavy (non-hydrogen) atoms. The van der Waals surface area contributed by atoms with Crippen molar-refractivity contribution < 1.29 is 4.79 Å². The predicted molar refractivity (Wildman–Crippen MR) is 66.7 cm³/mol. The number of aryl methyl sites for hydroxylation is 2. The van der Waals surface area contributed by atoms with Crippen molar-refractivity contribution in [1.29, 1.82) is 0 Å². The summed E-state index contributed by atoms with van der Waals surface area (Å²) in [6.45, 7) is 2.53. The van der Waals surface area contributed by atoms with Gasteiger partial charge in [0, 0.05) is 9.75 Å². The van der Waals surface area contributed by atoms with Crippen molar-refractivity contribution in [3.63, 3.8) is 0 Å². The number of hydrogen-bond donors (Lipinski definition) is 2. The molecule has 4 heteroatoms. The first-order valence-electron chi connectivity index (χ1n) is 5.76. The molecular formula is C12H18N2OS. The number of amides is 1. The lowest BCUT2D eigenvalue weighted by Crippen LogP contribution is -2.39. The summed E-state index contributed by atoms with van der Waals surface area (Å²) in [7, 11) is 1.80. The Labute approximate surface area is 100 Å². The fraction of sp³-hybridized carbons (Fsp3) is 0.583. The van der Waals surface area contributed by atoms with Crippen LogP contribution in [0.25, 0.3) is 0 Å². The van der Waals surface area contributed by atoms with Crippen molar-refractivity contribution in [3.8, 4) is 0 Å². The molecule has 1 unspecified atom stereocenters. The van der Waals surface area contributed by atoms with Gasteiger partial charge in [0.15, 0.2) is 0 Å². The molecule has 0 bridgehead atoms. The topological polar surface area (TPSA) is 41.1 Å². The van der Waals surface area contributed by atoms with Crippen LogP contribution in [0.1, 0.15) is 28.7 Å². The van der Waals surface area contributed by atoms with E-state index in [1.165, 1.54) is 34.6 Å². The highest BCUT2D eigenvalue weighted by Crippen LogP contribution is 2.30. The highest BCUT2D eigenvalue weighted by Gasteiger charge is 2.15. The number of carbonyl (C=O) groups is 1. The summed E-state index contributed by atoms with van der Waals surface area (Å²) in [6.07, 6.45) is 3.73. The lowest BCUT2D eigenvalue weighted by Gasteiger charge is -2.09. The van der Waals surface area contributed by atoms with E-state index in [9.17, 15) is 4.79 Å². The average Bonchev–Trinajstić information content (AvgIpc) is 2.84. The van der Waals surface area contributed by atoms with Crippen LogP contribution >= 0.6 is 11.3 Å². The summed E-state index contributed by atoms with van der Waals surface area (Å²) < 4.78 is 0. The van der Waals surface area contributed by atoms with E-state index < -0.39 is 0 Å². The van der Waals surface area contributed by atoms with Crippen molar-refractivity contribution in [2.45, 2.75) is 38.8 Å². The quantitative estimate of drug-likeness (QED) is 0.834. The summed E-state index contributed by atoms with van der Waals surface area (Å²) in [6, 6.07) is 2.13. The van der Waals surface area contributed by atoms with E-state index in [-0.39, 0.29) is 11.9 Å². The minimum atomic E-state index is -0.119. The van der Waals surface area contributed by atoms with E-state index in [1.54, 1.807) is 7.05 Å². The van der Waals surface area contributed by atoms with Gasteiger partial charge in [0.2, 0.25) is 5.91 Å². The Hall–Kier alpha value is -0.870. The van der Waals surface area contributed by atoms with Gasteiger partial charge >= 0.3 is 0 Å². The minimum Gasteiger partial charge on any atom is -0.350 e. The van der Waals surface area contributed by atoms with Gasteiger partial charge in [-0.3, -0.25) is 4.79 Å². The number of hydrogen-bond acceptors (Lipinski definition) is 3. The summed E-state index contributed by atoms with van der Waals surface area (Å²) in [5, 5.41) is 5.88. The maximum absolute atomic E-state index is 11.6. The Morgan fingerprint density at radius 3 is 3.06 bits per heavy atom. The van der Waals surface area contributed by atoms with Gasteiger partial charge in [-0.1, -0.05) is 0 Å². The van der Waals surface area contributed by atoms with Crippen LogP contribution in [-0.4, -0.2) is 19.0 Å². The SMILES string of the molecule is CNC(C)C(=O)NCc1cc2c(s1)CCC2. The molecule has 0 saturated carbocycles. The first kappa shape index (κ1) is 11.6. The molecule has 1 heterocycles. The van der Waals surface area contributed by atoms with E-state index in [0.29, 0.717) is 6.54 Å². The Kier molecular flexibility index (Phi) is 3.61. The van der Waals surface area contributed by atoms with Gasteiger partial charge in [-0.2, -0.15) is 0 Å². The molecule has 1 atom stereocenters. The lowest BCUT2D eigenvalue weighted by molar-refractivity contribution is -0.122. The number of rotatable bonds is 4.